The van der Waals surface area contributed by atoms with Gasteiger partial charge < -0.3 is 16.0 Å². The normalized spacial score (nSPS) is 16.4. The van der Waals surface area contributed by atoms with Gasteiger partial charge >= 0.3 is 0 Å². The van der Waals surface area contributed by atoms with Gasteiger partial charge in [-0.1, -0.05) is 6.07 Å². The smallest absolute Gasteiger partial charge is 0.231 e. The number of nitrogens with two attached hydrogens (primary N) is 1. The number of anilines is 3. The highest BCUT2D eigenvalue weighted by molar-refractivity contribution is 7.10. The first kappa shape index (κ1) is 13.1. The van der Waals surface area contributed by atoms with E-state index in [0.717, 1.165) is 13.1 Å². The van der Waals surface area contributed by atoms with Crippen molar-refractivity contribution >= 4 is 29.2 Å². The molecule has 106 valence electrons. The molecular weight excluding hydrogens is 272 g/mol. The fraction of sp³-hybridized carbons (Fsp3) is 0.462. The van der Waals surface area contributed by atoms with Gasteiger partial charge in [0, 0.05) is 18.0 Å². The Labute approximate surface area is 122 Å². The fourth-order valence-corrected chi connectivity index (χ4v) is 3.04. The number of hydrogen-bond donors (Lipinski definition) is 2. The molecule has 0 saturated carbocycles. The molecule has 1 atom stereocenters. The van der Waals surface area contributed by atoms with E-state index >= 15 is 0 Å². The molecule has 0 amide bonds. The molecule has 0 spiro atoms. The molecule has 0 aromatic carbocycles. The van der Waals surface area contributed by atoms with Crippen LogP contribution in [-0.4, -0.2) is 28.0 Å². The quantitative estimate of drug-likeness (QED) is 0.899. The zero-order chi connectivity index (χ0) is 13.9. The van der Waals surface area contributed by atoms with Crippen LogP contribution in [0.3, 0.4) is 0 Å². The average Bonchev–Trinajstić information content (AvgIpc) is 3.12. The molecule has 7 heteroatoms. The SMILES string of the molecule is CC(Nc1nc(N)nc(N2CCCC2)n1)c1cccs1. The van der Waals surface area contributed by atoms with Crippen molar-refractivity contribution in [3.05, 3.63) is 22.4 Å². The van der Waals surface area contributed by atoms with Crippen molar-refractivity contribution in [2.75, 3.05) is 29.0 Å². The highest BCUT2D eigenvalue weighted by Crippen LogP contribution is 2.23. The molecule has 6 nitrogen and oxygen atoms in total. The molecule has 0 radical (unpaired) electrons. The van der Waals surface area contributed by atoms with Crippen molar-refractivity contribution in [3.63, 3.8) is 0 Å². The van der Waals surface area contributed by atoms with E-state index in [1.165, 1.54) is 17.7 Å². The van der Waals surface area contributed by atoms with Crippen LogP contribution in [0, 0.1) is 0 Å². The van der Waals surface area contributed by atoms with E-state index in [0.29, 0.717) is 11.9 Å². The van der Waals surface area contributed by atoms with Gasteiger partial charge in [0.15, 0.2) is 0 Å². The Balaban J connectivity index is 1.79. The van der Waals surface area contributed by atoms with Crippen LogP contribution in [0.15, 0.2) is 17.5 Å². The zero-order valence-corrected chi connectivity index (χ0v) is 12.2. The molecule has 3 rings (SSSR count). The van der Waals surface area contributed by atoms with Gasteiger partial charge in [-0.15, -0.1) is 11.3 Å². The van der Waals surface area contributed by atoms with Crippen molar-refractivity contribution < 1.29 is 0 Å². The summed E-state index contributed by atoms with van der Waals surface area (Å²) in [5.41, 5.74) is 5.80. The van der Waals surface area contributed by atoms with E-state index in [9.17, 15) is 0 Å². The second kappa shape index (κ2) is 5.62. The fourth-order valence-electron chi connectivity index (χ4n) is 2.31. The van der Waals surface area contributed by atoms with Gasteiger partial charge in [0.1, 0.15) is 0 Å². The van der Waals surface area contributed by atoms with E-state index in [-0.39, 0.29) is 12.0 Å². The minimum Gasteiger partial charge on any atom is -0.368 e. The molecule has 1 aliphatic heterocycles. The van der Waals surface area contributed by atoms with E-state index in [4.69, 9.17) is 5.73 Å². The van der Waals surface area contributed by atoms with Crippen LogP contribution < -0.4 is 16.0 Å². The zero-order valence-electron chi connectivity index (χ0n) is 11.4. The maximum absolute atomic E-state index is 5.80. The number of nitrogen functional groups attached to an aromatic ring is 1. The van der Waals surface area contributed by atoms with Crippen molar-refractivity contribution in [3.8, 4) is 0 Å². The lowest BCUT2D eigenvalue weighted by molar-refractivity contribution is 0.848. The van der Waals surface area contributed by atoms with Crippen LogP contribution in [0.5, 0.6) is 0 Å². The van der Waals surface area contributed by atoms with Gasteiger partial charge in [-0.2, -0.15) is 15.0 Å². The molecule has 0 aliphatic carbocycles. The van der Waals surface area contributed by atoms with Crippen LogP contribution in [0.2, 0.25) is 0 Å². The largest absolute Gasteiger partial charge is 0.368 e. The number of nitrogens with zero attached hydrogens (tertiary/aromatic N) is 4. The Morgan fingerprint density at radius 1 is 1.30 bits per heavy atom. The molecular formula is C13H18N6S. The van der Waals surface area contributed by atoms with Gasteiger partial charge in [0.2, 0.25) is 17.8 Å². The van der Waals surface area contributed by atoms with E-state index < -0.39 is 0 Å². The monoisotopic (exact) mass is 290 g/mol. The third-order valence-electron chi connectivity index (χ3n) is 3.35. The molecule has 1 saturated heterocycles. The summed E-state index contributed by atoms with van der Waals surface area (Å²) >= 11 is 1.71. The average molecular weight is 290 g/mol. The summed E-state index contributed by atoms with van der Waals surface area (Å²) in [5.74, 6) is 1.49. The topological polar surface area (TPSA) is 80.0 Å². The van der Waals surface area contributed by atoms with Gasteiger partial charge in [-0.05, 0) is 31.2 Å². The van der Waals surface area contributed by atoms with E-state index in [1.807, 2.05) is 6.07 Å². The Kier molecular flexibility index (Phi) is 3.68. The first-order valence-corrected chi connectivity index (χ1v) is 7.67. The Morgan fingerprint density at radius 2 is 2.10 bits per heavy atom. The maximum Gasteiger partial charge on any atom is 0.231 e. The van der Waals surface area contributed by atoms with Crippen LogP contribution in [-0.2, 0) is 0 Å². The molecule has 2 aromatic heterocycles. The van der Waals surface area contributed by atoms with Gasteiger partial charge in [0.05, 0.1) is 6.04 Å². The maximum atomic E-state index is 5.80. The first-order valence-electron chi connectivity index (χ1n) is 6.79. The highest BCUT2D eigenvalue weighted by atomic mass is 32.1. The van der Waals surface area contributed by atoms with Crippen LogP contribution in [0.4, 0.5) is 17.8 Å². The van der Waals surface area contributed by atoms with Crippen LogP contribution in [0.1, 0.15) is 30.7 Å². The standard InChI is InChI=1S/C13H18N6S/c1-9(10-5-4-8-20-10)15-12-16-11(14)17-13(18-12)19-6-2-3-7-19/h4-5,8-9H,2-3,6-7H2,1H3,(H3,14,15,16,17,18). The summed E-state index contributed by atoms with van der Waals surface area (Å²) < 4.78 is 0. The summed E-state index contributed by atoms with van der Waals surface area (Å²) in [5, 5.41) is 5.35. The van der Waals surface area contributed by atoms with Crippen molar-refractivity contribution in [1.29, 1.82) is 0 Å². The molecule has 1 fully saturated rings. The van der Waals surface area contributed by atoms with E-state index in [2.05, 4.69) is 43.5 Å². The Morgan fingerprint density at radius 3 is 2.80 bits per heavy atom. The van der Waals surface area contributed by atoms with Crippen molar-refractivity contribution in [2.24, 2.45) is 0 Å². The third kappa shape index (κ3) is 2.82. The predicted octanol–water partition coefficient (Wildman–Crippen LogP) is 2.29. The number of thiophene rings is 1. The minimum absolute atomic E-state index is 0.156. The van der Waals surface area contributed by atoms with Crippen LogP contribution in [0.25, 0.3) is 0 Å². The number of hydrogen-bond acceptors (Lipinski definition) is 7. The summed E-state index contributed by atoms with van der Waals surface area (Å²) in [4.78, 5) is 16.3. The van der Waals surface area contributed by atoms with Crippen molar-refractivity contribution in [2.45, 2.75) is 25.8 Å². The van der Waals surface area contributed by atoms with Gasteiger partial charge in [0.25, 0.3) is 0 Å². The molecule has 3 heterocycles. The number of rotatable bonds is 4. The molecule has 2 aromatic rings. The summed E-state index contributed by atoms with van der Waals surface area (Å²) in [6, 6.07) is 4.28. The Bertz CT molecular complexity index is 564. The lowest BCUT2D eigenvalue weighted by Gasteiger charge is -2.17. The molecule has 1 aliphatic rings. The predicted molar refractivity (Wildman–Crippen MR) is 82.0 cm³/mol. The minimum atomic E-state index is 0.156. The van der Waals surface area contributed by atoms with Crippen molar-refractivity contribution in [1.82, 2.24) is 15.0 Å². The highest BCUT2D eigenvalue weighted by Gasteiger charge is 2.17. The van der Waals surface area contributed by atoms with Crippen LogP contribution >= 0.6 is 11.3 Å². The third-order valence-corrected chi connectivity index (χ3v) is 4.40. The second-order valence-corrected chi connectivity index (χ2v) is 5.87. The molecule has 1 unspecified atom stereocenters. The van der Waals surface area contributed by atoms with Gasteiger partial charge in [-0.25, -0.2) is 0 Å². The molecule has 20 heavy (non-hydrogen) atoms. The summed E-state index contributed by atoms with van der Waals surface area (Å²) in [6.45, 7) is 4.06. The lowest BCUT2D eigenvalue weighted by Crippen LogP contribution is -2.22. The molecule has 0 bridgehead atoms. The summed E-state index contributed by atoms with van der Waals surface area (Å²) in [6.07, 6.45) is 2.36. The summed E-state index contributed by atoms with van der Waals surface area (Å²) in [7, 11) is 0. The van der Waals surface area contributed by atoms with Gasteiger partial charge in [-0.3, -0.25) is 0 Å². The van der Waals surface area contributed by atoms with E-state index in [1.54, 1.807) is 11.3 Å². The first-order chi connectivity index (χ1) is 9.72. The number of nitrogens with one attached hydrogen (secondary N) is 1. The molecule has 3 N–H and O–H groups in total. The second-order valence-electron chi connectivity index (χ2n) is 4.89. The Hall–Kier alpha value is -1.89. The lowest BCUT2D eigenvalue weighted by atomic mass is 10.3. The number of aromatic nitrogens is 3.